The van der Waals surface area contributed by atoms with E-state index in [2.05, 4.69) is 21.2 Å². The highest BCUT2D eigenvalue weighted by molar-refractivity contribution is 9.10. The SMILES string of the molecule is Cc1c(NC(=O)C2CC(=O)N(c3cccc(Br)c3)C2)cccc1[N+](=O)[O-]. The predicted molar refractivity (Wildman–Crippen MR) is 101 cm³/mol. The van der Waals surface area contributed by atoms with Gasteiger partial charge in [-0.15, -0.1) is 0 Å². The molecule has 0 aliphatic carbocycles. The Morgan fingerprint density at radius 3 is 2.73 bits per heavy atom. The van der Waals surface area contributed by atoms with Crippen molar-refractivity contribution in [3.63, 3.8) is 0 Å². The monoisotopic (exact) mass is 417 g/mol. The highest BCUT2D eigenvalue weighted by atomic mass is 79.9. The zero-order valence-corrected chi connectivity index (χ0v) is 15.5. The Hall–Kier alpha value is -2.74. The van der Waals surface area contributed by atoms with E-state index in [0.29, 0.717) is 11.3 Å². The number of nitro benzene ring substituents is 1. The number of anilines is 2. The van der Waals surface area contributed by atoms with Crippen LogP contribution in [0.2, 0.25) is 0 Å². The molecule has 2 aromatic carbocycles. The van der Waals surface area contributed by atoms with Gasteiger partial charge in [0.1, 0.15) is 0 Å². The summed E-state index contributed by atoms with van der Waals surface area (Å²) in [6.45, 7) is 1.86. The van der Waals surface area contributed by atoms with E-state index < -0.39 is 10.8 Å². The van der Waals surface area contributed by atoms with Crippen molar-refractivity contribution < 1.29 is 14.5 Å². The second-order valence-corrected chi connectivity index (χ2v) is 7.00. The molecule has 2 amide bonds. The van der Waals surface area contributed by atoms with E-state index in [0.717, 1.165) is 10.2 Å². The van der Waals surface area contributed by atoms with Gasteiger partial charge in [-0.1, -0.05) is 28.1 Å². The van der Waals surface area contributed by atoms with Crippen LogP contribution in [0.15, 0.2) is 46.9 Å². The minimum Gasteiger partial charge on any atom is -0.325 e. The maximum Gasteiger partial charge on any atom is 0.274 e. The van der Waals surface area contributed by atoms with Gasteiger partial charge in [0.2, 0.25) is 11.8 Å². The third-order valence-electron chi connectivity index (χ3n) is 4.38. The molecule has 8 heteroatoms. The van der Waals surface area contributed by atoms with Crippen LogP contribution in [-0.4, -0.2) is 23.3 Å². The van der Waals surface area contributed by atoms with Crippen LogP contribution in [-0.2, 0) is 9.59 Å². The molecule has 2 aromatic rings. The summed E-state index contributed by atoms with van der Waals surface area (Å²) in [5.41, 5.74) is 1.45. The second-order valence-electron chi connectivity index (χ2n) is 6.08. The maximum atomic E-state index is 12.6. The van der Waals surface area contributed by atoms with Crippen LogP contribution in [0.5, 0.6) is 0 Å². The van der Waals surface area contributed by atoms with Gasteiger partial charge in [-0.3, -0.25) is 19.7 Å². The molecule has 1 aliphatic heterocycles. The number of benzene rings is 2. The molecule has 3 rings (SSSR count). The first-order valence-electron chi connectivity index (χ1n) is 7.97. The second kappa shape index (κ2) is 7.25. The van der Waals surface area contributed by atoms with Crippen LogP contribution in [0.4, 0.5) is 17.1 Å². The lowest BCUT2D eigenvalue weighted by Crippen LogP contribution is -2.28. The summed E-state index contributed by atoms with van der Waals surface area (Å²) in [6.07, 6.45) is 0.103. The number of amides is 2. The number of rotatable bonds is 4. The van der Waals surface area contributed by atoms with Gasteiger partial charge < -0.3 is 10.2 Å². The fourth-order valence-corrected chi connectivity index (χ4v) is 3.36. The Labute approximate surface area is 158 Å². The molecular formula is C18H16BrN3O4. The van der Waals surface area contributed by atoms with Gasteiger partial charge >= 0.3 is 0 Å². The van der Waals surface area contributed by atoms with E-state index in [1.807, 2.05) is 24.3 Å². The van der Waals surface area contributed by atoms with Crippen molar-refractivity contribution in [2.24, 2.45) is 5.92 Å². The molecule has 1 unspecified atom stereocenters. The molecule has 1 fully saturated rings. The fraction of sp³-hybridized carbons (Fsp3) is 0.222. The number of nitrogens with zero attached hydrogens (tertiary/aromatic N) is 2. The van der Waals surface area contributed by atoms with Crippen molar-refractivity contribution in [2.75, 3.05) is 16.8 Å². The van der Waals surface area contributed by atoms with Crippen molar-refractivity contribution in [3.05, 3.63) is 62.6 Å². The number of hydrogen-bond donors (Lipinski definition) is 1. The van der Waals surface area contributed by atoms with Crippen molar-refractivity contribution in [3.8, 4) is 0 Å². The molecular weight excluding hydrogens is 402 g/mol. The van der Waals surface area contributed by atoms with Crippen LogP contribution in [0.3, 0.4) is 0 Å². The largest absolute Gasteiger partial charge is 0.325 e. The standard InChI is InChI=1S/C18H16BrN3O4/c1-11-15(6-3-7-16(11)22(25)26)20-18(24)12-8-17(23)21(10-12)14-5-2-4-13(19)9-14/h2-7,9,12H,8,10H2,1H3,(H,20,24). The van der Waals surface area contributed by atoms with Gasteiger partial charge in [0.05, 0.1) is 22.1 Å². The third-order valence-corrected chi connectivity index (χ3v) is 4.87. The van der Waals surface area contributed by atoms with Crippen molar-refractivity contribution >= 4 is 44.8 Å². The molecule has 0 saturated carbocycles. The quantitative estimate of drug-likeness (QED) is 0.606. The van der Waals surface area contributed by atoms with Crippen molar-refractivity contribution in [1.82, 2.24) is 0 Å². The lowest BCUT2D eigenvalue weighted by atomic mass is 10.1. The molecule has 1 saturated heterocycles. The summed E-state index contributed by atoms with van der Waals surface area (Å²) >= 11 is 3.37. The van der Waals surface area contributed by atoms with Gasteiger partial charge in [-0.05, 0) is 31.2 Å². The van der Waals surface area contributed by atoms with Gasteiger partial charge in [-0.2, -0.15) is 0 Å². The predicted octanol–water partition coefficient (Wildman–Crippen LogP) is 3.66. The highest BCUT2D eigenvalue weighted by Crippen LogP contribution is 2.29. The van der Waals surface area contributed by atoms with Gasteiger partial charge in [0.25, 0.3) is 5.69 Å². The van der Waals surface area contributed by atoms with Gasteiger partial charge in [0.15, 0.2) is 0 Å². The van der Waals surface area contributed by atoms with E-state index in [4.69, 9.17) is 0 Å². The van der Waals surface area contributed by atoms with Crippen molar-refractivity contribution in [1.29, 1.82) is 0 Å². The molecule has 134 valence electrons. The lowest BCUT2D eigenvalue weighted by molar-refractivity contribution is -0.385. The lowest BCUT2D eigenvalue weighted by Gasteiger charge is -2.17. The molecule has 0 spiro atoms. The first kappa shape index (κ1) is 18.1. The summed E-state index contributed by atoms with van der Waals surface area (Å²) in [4.78, 5) is 37.0. The molecule has 26 heavy (non-hydrogen) atoms. The summed E-state index contributed by atoms with van der Waals surface area (Å²) < 4.78 is 0.850. The van der Waals surface area contributed by atoms with E-state index in [1.165, 1.54) is 12.1 Å². The van der Waals surface area contributed by atoms with E-state index in [9.17, 15) is 19.7 Å². The Balaban J connectivity index is 1.75. The maximum absolute atomic E-state index is 12.6. The minimum absolute atomic E-state index is 0.0546. The molecule has 0 bridgehead atoms. The summed E-state index contributed by atoms with van der Waals surface area (Å²) in [5.74, 6) is -0.960. The normalized spacial score (nSPS) is 16.6. The van der Waals surface area contributed by atoms with Gasteiger partial charge in [-0.25, -0.2) is 0 Å². The van der Waals surface area contributed by atoms with E-state index in [1.54, 1.807) is 17.9 Å². The number of halogens is 1. The Bertz CT molecular complexity index is 900. The van der Waals surface area contributed by atoms with Crippen LogP contribution in [0.25, 0.3) is 0 Å². The molecule has 1 aliphatic rings. The van der Waals surface area contributed by atoms with Crippen molar-refractivity contribution in [2.45, 2.75) is 13.3 Å². The molecule has 1 heterocycles. The smallest absolute Gasteiger partial charge is 0.274 e. The molecule has 7 nitrogen and oxygen atoms in total. The third kappa shape index (κ3) is 3.60. The summed E-state index contributed by atoms with van der Waals surface area (Å²) in [7, 11) is 0. The fourth-order valence-electron chi connectivity index (χ4n) is 2.97. The summed E-state index contributed by atoms with van der Waals surface area (Å²) in [5, 5.41) is 13.7. The first-order chi connectivity index (χ1) is 12.4. The van der Waals surface area contributed by atoms with Gasteiger partial charge in [0, 0.05) is 29.2 Å². The average Bonchev–Trinajstić information content (AvgIpc) is 2.98. The number of hydrogen-bond acceptors (Lipinski definition) is 4. The van der Waals surface area contributed by atoms with Crippen LogP contribution in [0, 0.1) is 23.0 Å². The number of carbonyl (C=O) groups is 2. The zero-order valence-electron chi connectivity index (χ0n) is 13.9. The highest BCUT2D eigenvalue weighted by Gasteiger charge is 2.35. The number of nitrogens with one attached hydrogen (secondary N) is 1. The van der Waals surface area contributed by atoms with Crippen LogP contribution >= 0.6 is 15.9 Å². The van der Waals surface area contributed by atoms with Crippen LogP contribution in [0.1, 0.15) is 12.0 Å². The molecule has 0 aromatic heterocycles. The number of nitro groups is 1. The molecule has 1 N–H and O–H groups in total. The Morgan fingerprint density at radius 1 is 1.31 bits per heavy atom. The van der Waals surface area contributed by atoms with E-state index >= 15 is 0 Å². The average molecular weight is 418 g/mol. The molecule has 1 atom stereocenters. The zero-order chi connectivity index (χ0) is 18.8. The molecule has 0 radical (unpaired) electrons. The minimum atomic E-state index is -0.514. The van der Waals surface area contributed by atoms with Crippen LogP contribution < -0.4 is 10.2 Å². The Morgan fingerprint density at radius 2 is 2.04 bits per heavy atom. The topological polar surface area (TPSA) is 92.6 Å². The summed E-state index contributed by atoms with van der Waals surface area (Å²) in [6, 6.07) is 11.8. The van der Waals surface area contributed by atoms with E-state index in [-0.39, 0.29) is 30.5 Å². The Kier molecular flexibility index (Phi) is 5.03. The number of carbonyl (C=O) groups excluding carboxylic acids is 2. The first-order valence-corrected chi connectivity index (χ1v) is 8.77.